The number of rotatable bonds is 3. The molecule has 0 amide bonds. The number of aromatic amines is 1. The second-order valence-corrected chi connectivity index (χ2v) is 5.47. The smallest absolute Gasteiger partial charge is 0.108 e. The van der Waals surface area contributed by atoms with Crippen molar-refractivity contribution in [2.24, 2.45) is 0 Å². The minimum atomic E-state index is 0.762. The predicted octanol–water partition coefficient (Wildman–Crippen LogP) is 4.23. The van der Waals surface area contributed by atoms with Crippen LogP contribution in [0.25, 0.3) is 17.1 Å². The van der Waals surface area contributed by atoms with Crippen LogP contribution in [0.1, 0.15) is 23.7 Å². The predicted molar refractivity (Wildman–Crippen MR) is 88.8 cm³/mol. The van der Waals surface area contributed by atoms with Crippen LogP contribution in [0.2, 0.25) is 0 Å². The Labute approximate surface area is 125 Å². The van der Waals surface area contributed by atoms with Crippen LogP contribution in [0.5, 0.6) is 0 Å². The molecule has 0 aliphatic rings. The Morgan fingerprint density at radius 2 is 1.86 bits per heavy atom. The molecule has 3 rings (SSSR count). The molecule has 108 valence electrons. The molecule has 0 bridgehead atoms. The van der Waals surface area contributed by atoms with Gasteiger partial charge < -0.3 is 10.7 Å². The number of nitrogens with zero attached hydrogens (tertiary/aromatic N) is 1. The van der Waals surface area contributed by atoms with Gasteiger partial charge in [-0.25, -0.2) is 0 Å². The first kappa shape index (κ1) is 13.6. The molecule has 3 aromatic rings. The van der Waals surface area contributed by atoms with E-state index in [0.717, 1.165) is 35.0 Å². The number of nitrogens with one attached hydrogen (secondary N) is 1. The maximum atomic E-state index is 6.24. The Hall–Kier alpha value is -2.42. The summed E-state index contributed by atoms with van der Waals surface area (Å²) in [6.07, 6.45) is 0.982. The molecule has 0 fully saturated rings. The molecule has 0 radical (unpaired) electrons. The summed E-state index contributed by atoms with van der Waals surface area (Å²) in [5, 5.41) is 0. The van der Waals surface area contributed by atoms with Crippen molar-refractivity contribution in [3.63, 3.8) is 0 Å². The van der Waals surface area contributed by atoms with Crippen molar-refractivity contribution in [3.8, 4) is 17.1 Å². The number of benzene rings is 1. The highest BCUT2D eigenvalue weighted by atomic mass is 15.1. The van der Waals surface area contributed by atoms with E-state index in [2.05, 4.69) is 66.7 Å². The molecule has 3 nitrogen and oxygen atoms in total. The zero-order valence-electron chi connectivity index (χ0n) is 12.8. The van der Waals surface area contributed by atoms with Gasteiger partial charge in [-0.3, -0.25) is 4.57 Å². The zero-order valence-corrected chi connectivity index (χ0v) is 12.8. The van der Waals surface area contributed by atoms with Crippen LogP contribution >= 0.6 is 0 Å². The molecule has 0 unspecified atom stereocenters. The molecule has 21 heavy (non-hydrogen) atoms. The monoisotopic (exact) mass is 279 g/mol. The van der Waals surface area contributed by atoms with Crippen molar-refractivity contribution in [1.29, 1.82) is 0 Å². The van der Waals surface area contributed by atoms with Gasteiger partial charge >= 0.3 is 0 Å². The van der Waals surface area contributed by atoms with Crippen LogP contribution in [0.15, 0.2) is 42.5 Å². The van der Waals surface area contributed by atoms with E-state index < -0.39 is 0 Å². The average Bonchev–Trinajstić information content (AvgIpc) is 3.01. The topological polar surface area (TPSA) is 46.7 Å². The molecule has 0 atom stereocenters. The van der Waals surface area contributed by atoms with Gasteiger partial charge in [-0.2, -0.15) is 0 Å². The lowest BCUT2D eigenvalue weighted by Gasteiger charge is -2.15. The average molecular weight is 279 g/mol. The number of hydrogen-bond acceptors (Lipinski definition) is 1. The van der Waals surface area contributed by atoms with Gasteiger partial charge in [0.2, 0.25) is 0 Å². The fourth-order valence-electron chi connectivity index (χ4n) is 2.94. The Morgan fingerprint density at radius 1 is 1.10 bits per heavy atom. The van der Waals surface area contributed by atoms with Crippen molar-refractivity contribution in [1.82, 2.24) is 9.55 Å². The lowest BCUT2D eigenvalue weighted by molar-refractivity contribution is 1.02. The maximum absolute atomic E-state index is 6.24. The highest BCUT2D eigenvalue weighted by Gasteiger charge is 2.15. The Balaban J connectivity index is 2.25. The van der Waals surface area contributed by atoms with Gasteiger partial charge in [0.1, 0.15) is 5.82 Å². The first-order chi connectivity index (χ1) is 10.1. The summed E-state index contributed by atoms with van der Waals surface area (Å²) in [6, 6.07) is 14.6. The molecule has 2 aromatic heterocycles. The van der Waals surface area contributed by atoms with E-state index in [0.29, 0.717) is 0 Å². The van der Waals surface area contributed by atoms with E-state index >= 15 is 0 Å². The summed E-state index contributed by atoms with van der Waals surface area (Å²) in [6.45, 7) is 6.37. The van der Waals surface area contributed by atoms with E-state index in [-0.39, 0.29) is 0 Å². The molecule has 0 saturated carbocycles. The molecular weight excluding hydrogens is 258 g/mol. The normalized spacial score (nSPS) is 11.0. The summed E-state index contributed by atoms with van der Waals surface area (Å²) >= 11 is 0. The molecule has 0 aliphatic carbocycles. The van der Waals surface area contributed by atoms with Crippen molar-refractivity contribution in [2.45, 2.75) is 27.2 Å². The summed E-state index contributed by atoms with van der Waals surface area (Å²) in [5.41, 5.74) is 13.3. The van der Waals surface area contributed by atoms with E-state index in [1.54, 1.807) is 0 Å². The van der Waals surface area contributed by atoms with Gasteiger partial charge in [0.15, 0.2) is 0 Å². The van der Waals surface area contributed by atoms with Crippen LogP contribution in [0.4, 0.5) is 5.82 Å². The number of para-hydroxylation sites is 1. The number of hydrogen-bond donors (Lipinski definition) is 2. The third-order valence-electron chi connectivity index (χ3n) is 3.93. The van der Waals surface area contributed by atoms with Crippen LogP contribution in [0, 0.1) is 13.8 Å². The fourth-order valence-corrected chi connectivity index (χ4v) is 2.94. The number of nitrogens with two attached hydrogens (primary N) is 1. The highest BCUT2D eigenvalue weighted by Crippen LogP contribution is 2.31. The molecule has 1 aromatic carbocycles. The van der Waals surface area contributed by atoms with Gasteiger partial charge in [0, 0.05) is 5.69 Å². The van der Waals surface area contributed by atoms with Crippen LogP contribution < -0.4 is 5.73 Å². The van der Waals surface area contributed by atoms with Crippen LogP contribution in [0.3, 0.4) is 0 Å². The second-order valence-electron chi connectivity index (χ2n) is 5.47. The van der Waals surface area contributed by atoms with Gasteiger partial charge in [0.05, 0.1) is 17.1 Å². The summed E-state index contributed by atoms with van der Waals surface area (Å²) in [5.74, 6) is 0.762. The molecule has 3 N–H and O–H groups in total. The number of aryl methyl sites for hydroxylation is 3. The lowest BCUT2D eigenvalue weighted by Crippen LogP contribution is -2.05. The second kappa shape index (κ2) is 5.17. The quantitative estimate of drug-likeness (QED) is 0.740. The number of H-pyrrole nitrogens is 1. The third-order valence-corrected chi connectivity index (χ3v) is 3.93. The number of aromatic nitrogens is 2. The summed E-state index contributed by atoms with van der Waals surface area (Å²) in [4.78, 5) is 3.45. The van der Waals surface area contributed by atoms with Gasteiger partial charge in [0.25, 0.3) is 0 Å². The fraction of sp³-hybridized carbons (Fsp3) is 0.222. The number of anilines is 1. The largest absolute Gasteiger partial charge is 0.385 e. The van der Waals surface area contributed by atoms with Crippen LogP contribution in [-0.2, 0) is 6.42 Å². The summed E-state index contributed by atoms with van der Waals surface area (Å²) in [7, 11) is 0. The lowest BCUT2D eigenvalue weighted by atomic mass is 10.1. The molecular formula is C18H21N3. The minimum absolute atomic E-state index is 0.762. The zero-order chi connectivity index (χ0) is 15.0. The van der Waals surface area contributed by atoms with E-state index in [9.17, 15) is 0 Å². The highest BCUT2D eigenvalue weighted by molar-refractivity contribution is 5.68. The molecule has 0 aliphatic heterocycles. The van der Waals surface area contributed by atoms with E-state index in [4.69, 9.17) is 5.73 Å². The Morgan fingerprint density at radius 3 is 2.52 bits per heavy atom. The van der Waals surface area contributed by atoms with Gasteiger partial charge in [-0.15, -0.1) is 0 Å². The van der Waals surface area contributed by atoms with E-state index in [1.807, 2.05) is 6.07 Å². The van der Waals surface area contributed by atoms with Crippen LogP contribution in [-0.4, -0.2) is 9.55 Å². The molecule has 0 saturated heterocycles. The third kappa shape index (κ3) is 2.25. The standard InChI is InChI=1S/C18H21N3/c1-4-14-7-5-6-8-15(14)21-16(9-10-17(21)19)18-12(2)11-13(3)20-18/h5-11,20H,4,19H2,1-3H3. The first-order valence-corrected chi connectivity index (χ1v) is 7.34. The minimum Gasteiger partial charge on any atom is -0.385 e. The maximum Gasteiger partial charge on any atom is 0.108 e. The van der Waals surface area contributed by atoms with Crippen molar-refractivity contribution in [3.05, 3.63) is 59.3 Å². The molecule has 3 heteroatoms. The Kier molecular flexibility index (Phi) is 3.34. The summed E-state index contributed by atoms with van der Waals surface area (Å²) < 4.78 is 2.14. The van der Waals surface area contributed by atoms with Crippen molar-refractivity contribution in [2.75, 3.05) is 5.73 Å². The van der Waals surface area contributed by atoms with Crippen molar-refractivity contribution >= 4 is 5.82 Å². The van der Waals surface area contributed by atoms with Gasteiger partial charge in [-0.05, 0) is 55.7 Å². The van der Waals surface area contributed by atoms with E-state index in [1.165, 1.54) is 11.1 Å². The first-order valence-electron chi connectivity index (χ1n) is 7.34. The van der Waals surface area contributed by atoms with Crippen molar-refractivity contribution < 1.29 is 0 Å². The Bertz CT molecular complexity index is 778. The molecule has 2 heterocycles. The molecule has 0 spiro atoms. The number of nitrogen functional groups attached to an aromatic ring is 1. The van der Waals surface area contributed by atoms with Gasteiger partial charge in [-0.1, -0.05) is 25.1 Å². The SMILES string of the molecule is CCc1ccccc1-n1c(N)ccc1-c1[nH]c(C)cc1C.